The summed E-state index contributed by atoms with van der Waals surface area (Å²) in [5, 5.41) is 22.3. The second kappa shape index (κ2) is 12.5. The van der Waals surface area contributed by atoms with Gasteiger partial charge >= 0.3 is 5.97 Å². The summed E-state index contributed by atoms with van der Waals surface area (Å²) < 4.78 is 0. The summed E-state index contributed by atoms with van der Waals surface area (Å²) in [6.07, 6.45) is -0.145. The number of amides is 3. The van der Waals surface area contributed by atoms with Gasteiger partial charge in [-0.25, -0.2) is 4.79 Å². The van der Waals surface area contributed by atoms with E-state index in [0.717, 1.165) is 5.56 Å². The molecule has 2 aromatic rings. The van der Waals surface area contributed by atoms with Gasteiger partial charge in [0.25, 0.3) is 5.91 Å². The van der Waals surface area contributed by atoms with E-state index in [1.54, 1.807) is 68.6 Å². The van der Waals surface area contributed by atoms with Gasteiger partial charge in [-0.15, -0.1) is 0 Å². The third-order valence-corrected chi connectivity index (χ3v) is 6.40. The van der Waals surface area contributed by atoms with E-state index in [9.17, 15) is 29.4 Å². The van der Waals surface area contributed by atoms with Crippen molar-refractivity contribution in [3.05, 3.63) is 78.0 Å². The predicted octanol–water partition coefficient (Wildman–Crippen LogP) is 2.51. The lowest BCUT2D eigenvalue weighted by molar-refractivity contribution is -0.149. The smallest absolute Gasteiger partial charge is 0.334 e. The molecule has 3 amide bonds. The maximum absolute atomic E-state index is 13.8. The normalized spacial score (nSPS) is 17.3. The second-order valence-corrected chi connectivity index (χ2v) is 10.0. The molecular weight excluding hydrogens is 486 g/mol. The highest BCUT2D eigenvalue weighted by atomic mass is 16.4. The van der Waals surface area contributed by atoms with Crippen molar-refractivity contribution in [2.75, 3.05) is 6.54 Å². The molecule has 2 unspecified atom stereocenters. The SMILES string of the molecule is CC(C)C(=O)N1C=C(c2ccccc2)N(CC(=O)N[C@@H](Cc2ccccc2)C(O)C(=O)O)C(=O)C1C(C)C. The van der Waals surface area contributed by atoms with Crippen LogP contribution in [0.2, 0.25) is 0 Å². The molecule has 0 fully saturated rings. The topological polar surface area (TPSA) is 127 Å². The molecule has 202 valence electrons. The number of nitrogens with zero attached hydrogens (tertiary/aromatic N) is 2. The molecule has 0 aliphatic carbocycles. The Hall–Kier alpha value is -3.98. The fourth-order valence-electron chi connectivity index (χ4n) is 4.46. The molecule has 1 heterocycles. The van der Waals surface area contributed by atoms with Gasteiger partial charge in [0, 0.05) is 12.1 Å². The fourth-order valence-corrected chi connectivity index (χ4v) is 4.46. The summed E-state index contributed by atoms with van der Waals surface area (Å²) in [6, 6.07) is 15.9. The average molecular weight is 522 g/mol. The van der Waals surface area contributed by atoms with Gasteiger partial charge in [0.15, 0.2) is 6.10 Å². The van der Waals surface area contributed by atoms with Crippen LogP contribution in [0.25, 0.3) is 5.70 Å². The molecule has 1 aliphatic rings. The minimum absolute atomic E-state index is 0.0840. The Labute approximate surface area is 222 Å². The first-order chi connectivity index (χ1) is 18.0. The van der Waals surface area contributed by atoms with E-state index in [2.05, 4.69) is 5.32 Å². The van der Waals surface area contributed by atoms with E-state index in [4.69, 9.17) is 0 Å². The van der Waals surface area contributed by atoms with E-state index in [-0.39, 0.29) is 24.2 Å². The Bertz CT molecular complexity index is 1180. The van der Waals surface area contributed by atoms with Gasteiger partial charge in [0.1, 0.15) is 12.6 Å². The monoisotopic (exact) mass is 521 g/mol. The van der Waals surface area contributed by atoms with Crippen molar-refractivity contribution in [1.82, 2.24) is 15.1 Å². The highest BCUT2D eigenvalue weighted by molar-refractivity contribution is 6.00. The third kappa shape index (κ3) is 6.66. The van der Waals surface area contributed by atoms with Gasteiger partial charge in [-0.3, -0.25) is 19.3 Å². The number of carbonyl (C=O) groups excluding carboxylic acids is 3. The van der Waals surface area contributed by atoms with Crippen LogP contribution in [0.4, 0.5) is 0 Å². The lowest BCUT2D eigenvalue weighted by Gasteiger charge is -2.41. The fraction of sp³-hybridized carbons (Fsp3) is 0.379. The molecule has 3 atom stereocenters. The van der Waals surface area contributed by atoms with Crippen LogP contribution in [0.5, 0.6) is 0 Å². The molecule has 3 rings (SSSR count). The number of nitrogens with one attached hydrogen (secondary N) is 1. The summed E-state index contributed by atoms with van der Waals surface area (Å²) in [6.45, 7) is 6.79. The van der Waals surface area contributed by atoms with E-state index in [0.29, 0.717) is 11.3 Å². The predicted molar refractivity (Wildman–Crippen MR) is 142 cm³/mol. The Morgan fingerprint density at radius 3 is 2.05 bits per heavy atom. The Morgan fingerprint density at radius 2 is 1.53 bits per heavy atom. The van der Waals surface area contributed by atoms with E-state index >= 15 is 0 Å². The number of carboxylic acid groups (broad SMARTS) is 1. The summed E-state index contributed by atoms with van der Waals surface area (Å²) >= 11 is 0. The molecule has 9 heteroatoms. The van der Waals surface area contributed by atoms with E-state index < -0.39 is 42.5 Å². The number of carboxylic acids is 1. The molecule has 0 saturated heterocycles. The van der Waals surface area contributed by atoms with Crippen molar-refractivity contribution in [3.8, 4) is 0 Å². The van der Waals surface area contributed by atoms with Crippen LogP contribution < -0.4 is 5.32 Å². The Kier molecular flexibility index (Phi) is 9.41. The standard InChI is InChI=1S/C29H35N3O6/c1-18(2)25-28(36)31(23(21-13-9-6-10-14-21)16-32(25)27(35)19(3)4)17-24(33)30-22(26(34)29(37)38)15-20-11-7-5-8-12-20/h5-14,16,18-19,22,25-26,34H,15,17H2,1-4H3,(H,30,33)(H,37,38)/t22-,25?,26?/m0/s1. The molecule has 0 bridgehead atoms. The highest BCUT2D eigenvalue weighted by Crippen LogP contribution is 2.30. The molecule has 38 heavy (non-hydrogen) atoms. The largest absolute Gasteiger partial charge is 0.479 e. The number of aliphatic carboxylic acids is 1. The Morgan fingerprint density at radius 1 is 0.947 bits per heavy atom. The van der Waals surface area contributed by atoms with Gasteiger partial charge in [0.05, 0.1) is 11.7 Å². The third-order valence-electron chi connectivity index (χ3n) is 6.40. The van der Waals surface area contributed by atoms with Crippen molar-refractivity contribution in [2.45, 2.75) is 52.3 Å². The van der Waals surface area contributed by atoms with Crippen molar-refractivity contribution >= 4 is 29.4 Å². The molecule has 2 aromatic carbocycles. The molecule has 0 radical (unpaired) electrons. The minimum atomic E-state index is -1.84. The summed E-state index contributed by atoms with van der Waals surface area (Å²) in [5.74, 6) is -3.29. The quantitative estimate of drug-likeness (QED) is 0.441. The number of rotatable bonds is 10. The van der Waals surface area contributed by atoms with Crippen molar-refractivity contribution in [3.63, 3.8) is 0 Å². The zero-order chi connectivity index (χ0) is 28.0. The van der Waals surface area contributed by atoms with Gasteiger partial charge in [-0.05, 0) is 23.5 Å². The van der Waals surface area contributed by atoms with Crippen LogP contribution in [0.3, 0.4) is 0 Å². The molecule has 0 aromatic heterocycles. The molecule has 3 N–H and O–H groups in total. The van der Waals surface area contributed by atoms with Crippen molar-refractivity contribution in [2.24, 2.45) is 11.8 Å². The molecule has 0 spiro atoms. The lowest BCUT2D eigenvalue weighted by atomic mass is 9.95. The number of hydrogen-bond acceptors (Lipinski definition) is 5. The zero-order valence-corrected chi connectivity index (χ0v) is 22.1. The number of carbonyl (C=O) groups is 4. The van der Waals surface area contributed by atoms with Crippen LogP contribution in [0.1, 0.15) is 38.8 Å². The average Bonchev–Trinajstić information content (AvgIpc) is 2.89. The second-order valence-electron chi connectivity index (χ2n) is 10.0. The number of aliphatic hydroxyl groups excluding tert-OH is 1. The van der Waals surface area contributed by atoms with Crippen molar-refractivity contribution < 1.29 is 29.4 Å². The maximum Gasteiger partial charge on any atom is 0.334 e. The van der Waals surface area contributed by atoms with Gasteiger partial charge in [-0.1, -0.05) is 88.4 Å². The van der Waals surface area contributed by atoms with Crippen LogP contribution >= 0.6 is 0 Å². The van der Waals surface area contributed by atoms with Gasteiger partial charge < -0.3 is 20.4 Å². The first kappa shape index (κ1) is 28.6. The first-order valence-electron chi connectivity index (χ1n) is 12.7. The minimum Gasteiger partial charge on any atom is -0.479 e. The number of benzene rings is 2. The number of aliphatic hydroxyl groups is 1. The number of hydrogen-bond donors (Lipinski definition) is 3. The summed E-state index contributed by atoms with van der Waals surface area (Å²) in [5.41, 5.74) is 1.76. The van der Waals surface area contributed by atoms with Crippen molar-refractivity contribution in [1.29, 1.82) is 0 Å². The first-order valence-corrected chi connectivity index (χ1v) is 12.7. The summed E-state index contributed by atoms with van der Waals surface area (Å²) in [4.78, 5) is 54.5. The molecule has 1 aliphatic heterocycles. The van der Waals surface area contributed by atoms with Crippen LogP contribution in [-0.2, 0) is 25.6 Å². The molecular formula is C29H35N3O6. The maximum atomic E-state index is 13.8. The van der Waals surface area contributed by atoms with Gasteiger partial charge in [0.2, 0.25) is 11.8 Å². The molecule has 9 nitrogen and oxygen atoms in total. The highest BCUT2D eigenvalue weighted by Gasteiger charge is 2.41. The Balaban J connectivity index is 1.95. The van der Waals surface area contributed by atoms with Crippen LogP contribution in [0, 0.1) is 11.8 Å². The van der Waals surface area contributed by atoms with Crippen LogP contribution in [-0.4, -0.2) is 68.4 Å². The zero-order valence-electron chi connectivity index (χ0n) is 22.1. The van der Waals surface area contributed by atoms with Crippen LogP contribution in [0.15, 0.2) is 66.9 Å². The summed E-state index contributed by atoms with van der Waals surface area (Å²) in [7, 11) is 0. The molecule has 0 saturated carbocycles. The lowest BCUT2D eigenvalue weighted by Crippen LogP contribution is -2.58. The van der Waals surface area contributed by atoms with E-state index in [1.807, 2.05) is 26.0 Å². The van der Waals surface area contributed by atoms with Gasteiger partial charge in [-0.2, -0.15) is 0 Å². The van der Waals surface area contributed by atoms with E-state index in [1.165, 1.54) is 9.80 Å².